The van der Waals surface area contributed by atoms with Crippen molar-refractivity contribution in [3.05, 3.63) is 53.8 Å². The van der Waals surface area contributed by atoms with Crippen LogP contribution in [0.4, 0.5) is 4.39 Å². The van der Waals surface area contributed by atoms with Crippen molar-refractivity contribution in [1.29, 1.82) is 0 Å². The van der Waals surface area contributed by atoms with E-state index >= 15 is 0 Å². The van der Waals surface area contributed by atoms with Gasteiger partial charge in [0.25, 0.3) is 0 Å². The topological polar surface area (TPSA) is 158 Å². The fourth-order valence-electron chi connectivity index (χ4n) is 3.68. The maximum atomic E-state index is 13.2. The van der Waals surface area contributed by atoms with Crippen LogP contribution in [0.2, 0.25) is 0 Å². The van der Waals surface area contributed by atoms with Crippen LogP contribution in [0.15, 0.2) is 42.5 Å². The number of carbonyl (C=O) groups is 2. The number of aliphatic hydroxyl groups is 2. The van der Waals surface area contributed by atoms with Gasteiger partial charge in [-0.3, -0.25) is 0 Å². The smallest absolute Gasteiger partial charge is 0.547 e. The van der Waals surface area contributed by atoms with Gasteiger partial charge in [-0.2, -0.15) is 0 Å². The van der Waals surface area contributed by atoms with Crippen LogP contribution in [0, 0.1) is 11.7 Å². The molecule has 12 heteroatoms. The number of hydrogen-bond acceptors (Lipinski definition) is 9. The van der Waals surface area contributed by atoms with E-state index in [2.05, 4.69) is 5.32 Å². The van der Waals surface area contributed by atoms with E-state index in [9.17, 15) is 19.1 Å². The minimum absolute atomic E-state index is 0. The van der Waals surface area contributed by atoms with Crippen molar-refractivity contribution in [2.24, 2.45) is 5.92 Å². The maximum Gasteiger partial charge on any atom is 1.00 e. The average molecular weight is 518 g/mol. The zero-order valence-corrected chi connectivity index (χ0v) is 22.2. The molecule has 0 saturated carbocycles. The molecule has 2 aliphatic rings. The molecule has 184 valence electrons. The third-order valence-corrected chi connectivity index (χ3v) is 5.51. The van der Waals surface area contributed by atoms with Crippen molar-refractivity contribution < 1.29 is 100 Å². The Labute approximate surface area is 243 Å². The molecule has 0 amide bonds. The van der Waals surface area contributed by atoms with Gasteiger partial charge in [-0.1, -0.05) is 12.1 Å². The first-order valence-corrected chi connectivity index (χ1v) is 10.5. The largest absolute Gasteiger partial charge is 1.00 e. The van der Waals surface area contributed by atoms with Gasteiger partial charge in [-0.25, -0.2) is 9.18 Å². The van der Waals surface area contributed by atoms with Crippen LogP contribution < -0.4 is 76.0 Å². The number of carboxylic acids is 2. The molecule has 1 fully saturated rings. The third kappa shape index (κ3) is 8.39. The molecule has 2 aliphatic heterocycles. The normalized spacial score (nSPS) is 19.9. The van der Waals surface area contributed by atoms with Crippen LogP contribution in [-0.4, -0.2) is 66.0 Å². The Morgan fingerprint density at radius 3 is 2.43 bits per heavy atom. The van der Waals surface area contributed by atoms with Crippen molar-refractivity contribution in [2.45, 2.75) is 24.5 Å². The van der Waals surface area contributed by atoms with Gasteiger partial charge in [-0.15, -0.1) is 0 Å². The molecule has 0 aromatic heterocycles. The molecule has 4 rings (SSSR count). The Kier molecular flexibility index (Phi) is 11.9. The van der Waals surface area contributed by atoms with Crippen LogP contribution in [0.1, 0.15) is 17.9 Å². The summed E-state index contributed by atoms with van der Waals surface area (Å²) < 4.78 is 29.9. The van der Waals surface area contributed by atoms with E-state index in [1.165, 1.54) is 17.7 Å². The van der Waals surface area contributed by atoms with Crippen LogP contribution in [-0.2, 0) is 9.59 Å². The summed E-state index contributed by atoms with van der Waals surface area (Å²) in [5, 5.41) is 37.6. The van der Waals surface area contributed by atoms with Gasteiger partial charge >= 0.3 is 57.4 Å². The molecule has 0 radical (unpaired) electrons. The number of hydrogen-bond donors (Lipinski definition) is 4. The number of fused-ring (bicyclic) bond motifs is 1. The molecule has 4 atom stereocenters. The molecule has 4 N–H and O–H groups in total. The summed E-state index contributed by atoms with van der Waals surface area (Å²) in [6, 6.07) is 12.5. The van der Waals surface area contributed by atoms with Crippen molar-refractivity contribution in [3.63, 3.8) is 0 Å². The quantitative estimate of drug-likeness (QED) is 0.277. The Morgan fingerprint density at radius 2 is 1.80 bits per heavy atom. The average Bonchev–Trinajstić information content (AvgIpc) is 3.31. The molecule has 10 nitrogen and oxygen atoms in total. The van der Waals surface area contributed by atoms with E-state index in [-0.39, 0.29) is 64.0 Å². The summed E-state index contributed by atoms with van der Waals surface area (Å²) in [7, 11) is 0. The fourth-order valence-corrected chi connectivity index (χ4v) is 3.68. The van der Waals surface area contributed by atoms with Gasteiger partial charge in [0.05, 0.1) is 12.6 Å². The Balaban J connectivity index is 0.000000338. The maximum absolute atomic E-state index is 13.2. The van der Waals surface area contributed by atoms with Crippen molar-refractivity contribution in [1.82, 2.24) is 5.32 Å². The van der Waals surface area contributed by atoms with Gasteiger partial charge in [0.1, 0.15) is 17.7 Å². The molecule has 0 aliphatic carbocycles. The predicted molar refractivity (Wildman–Crippen MR) is 113 cm³/mol. The summed E-state index contributed by atoms with van der Waals surface area (Å²) in [4.78, 5) is 19.4. The second-order valence-electron chi connectivity index (χ2n) is 7.78. The minimum Gasteiger partial charge on any atom is -0.547 e. The third-order valence-electron chi connectivity index (χ3n) is 5.51. The Morgan fingerprint density at radius 1 is 1.11 bits per heavy atom. The molecular weight excluding hydrogens is 492 g/mol. The Hall–Kier alpha value is -1.77. The number of rotatable bonds is 7. The number of nitrogens with one attached hydrogen (secondary N) is 1. The number of carboxylic acid groups (broad SMARTS) is 2. The molecular formula is C23H25FKNO9. The first-order chi connectivity index (χ1) is 16.3. The predicted octanol–water partition coefficient (Wildman–Crippen LogP) is -3.13. The molecule has 2 aromatic rings. The summed E-state index contributed by atoms with van der Waals surface area (Å²) >= 11 is 0. The standard InChI is InChI=1S/C19H20FNO3.C4H6O6.K/c20-15-3-1-13(2-4-15)17-7-8-21-10-14(17)11-22-16-5-6-18-19(9-16)24-12-23-18;5-1(3(7)8)2(6)4(9)10;/h1-6,9,14,17,21H,7-8,10-12H2;1-2,5-6H,(H,7,8)(H,9,10);/q;;+1/p-1/t14-,17-;;/m0../s1. The number of ether oxygens (including phenoxy) is 3. The van der Waals surface area contributed by atoms with Crippen molar-refractivity contribution in [2.75, 3.05) is 26.5 Å². The summed E-state index contributed by atoms with van der Waals surface area (Å²) in [6.45, 7) is 2.74. The molecule has 2 heterocycles. The second-order valence-corrected chi connectivity index (χ2v) is 7.78. The first kappa shape index (κ1) is 29.5. The summed E-state index contributed by atoms with van der Waals surface area (Å²) in [5.41, 5.74) is 1.18. The number of aliphatic carboxylic acids is 2. The fraction of sp³-hybridized carbons (Fsp3) is 0.391. The number of carbonyl (C=O) groups excluding carboxylic acids is 1. The van der Waals surface area contributed by atoms with Crippen molar-refractivity contribution >= 4 is 11.9 Å². The SMILES string of the molecule is Fc1ccc([C@@H]2CCNC[C@H]2COc2ccc3c(c2)OCO3)cc1.O=C([O-])C(O)C(O)C(=O)O.[K+]. The van der Waals surface area contributed by atoms with E-state index in [1.54, 1.807) is 0 Å². The van der Waals surface area contributed by atoms with Gasteiger partial charge in [0, 0.05) is 18.5 Å². The van der Waals surface area contributed by atoms with Crippen molar-refractivity contribution in [3.8, 4) is 17.2 Å². The monoisotopic (exact) mass is 517 g/mol. The molecule has 2 aromatic carbocycles. The summed E-state index contributed by atoms with van der Waals surface area (Å²) in [6.07, 6.45) is -3.68. The van der Waals surface area contributed by atoms with Gasteiger partial charge < -0.3 is 44.7 Å². The minimum atomic E-state index is -2.38. The zero-order chi connectivity index (χ0) is 24.7. The second kappa shape index (κ2) is 14.1. The zero-order valence-electron chi connectivity index (χ0n) is 19.1. The van der Waals surface area contributed by atoms with Gasteiger partial charge in [0.15, 0.2) is 17.6 Å². The van der Waals surface area contributed by atoms with Gasteiger partial charge in [-0.05, 0) is 48.7 Å². The molecule has 35 heavy (non-hydrogen) atoms. The van der Waals surface area contributed by atoms with E-state index in [0.29, 0.717) is 18.4 Å². The molecule has 1 saturated heterocycles. The van der Waals surface area contributed by atoms with E-state index in [0.717, 1.165) is 36.8 Å². The van der Waals surface area contributed by atoms with E-state index in [1.807, 2.05) is 30.3 Å². The van der Waals surface area contributed by atoms with Crippen LogP contribution in [0.5, 0.6) is 17.2 Å². The first-order valence-electron chi connectivity index (χ1n) is 10.5. The van der Waals surface area contributed by atoms with Crippen LogP contribution >= 0.6 is 0 Å². The molecule has 0 spiro atoms. The molecule has 0 bridgehead atoms. The van der Waals surface area contributed by atoms with Crippen LogP contribution in [0.25, 0.3) is 0 Å². The number of halogens is 1. The van der Waals surface area contributed by atoms with E-state index < -0.39 is 24.1 Å². The molecule has 2 unspecified atom stereocenters. The van der Waals surface area contributed by atoms with E-state index in [4.69, 9.17) is 29.5 Å². The number of piperidine rings is 1. The van der Waals surface area contributed by atoms with Gasteiger partial charge in [0.2, 0.25) is 6.79 Å². The Bertz CT molecular complexity index is 973. The number of aliphatic hydroxyl groups excluding tert-OH is 2. The number of benzene rings is 2. The summed E-state index contributed by atoms with van der Waals surface area (Å²) in [5.74, 6) is -1.04. The van der Waals surface area contributed by atoms with Crippen LogP contribution in [0.3, 0.4) is 0 Å².